The highest BCUT2D eigenvalue weighted by Crippen LogP contribution is 2.23. The fraction of sp³-hybridized carbons (Fsp3) is 0.538. The highest BCUT2D eigenvalue weighted by atomic mass is 35.5. The second-order valence-corrected chi connectivity index (χ2v) is 5.44. The van der Waals surface area contributed by atoms with Crippen LogP contribution in [0.25, 0.3) is 0 Å². The van der Waals surface area contributed by atoms with Gasteiger partial charge in [-0.1, -0.05) is 29.3 Å². The van der Waals surface area contributed by atoms with Crippen molar-refractivity contribution in [2.45, 2.75) is 25.4 Å². The Labute approximate surface area is 125 Å². The number of hydrogen-bond donors (Lipinski definition) is 1. The van der Waals surface area contributed by atoms with E-state index in [0.29, 0.717) is 11.1 Å². The van der Waals surface area contributed by atoms with Crippen LogP contribution in [0.3, 0.4) is 0 Å². The minimum atomic E-state index is 0. The summed E-state index contributed by atoms with van der Waals surface area (Å²) in [6, 6.07) is 6.35. The van der Waals surface area contributed by atoms with Crippen molar-refractivity contribution in [2.75, 3.05) is 20.1 Å². The first-order valence-electron chi connectivity index (χ1n) is 6.02. The Morgan fingerprint density at radius 3 is 2.83 bits per heavy atom. The van der Waals surface area contributed by atoms with Crippen LogP contribution in [0.15, 0.2) is 18.2 Å². The molecule has 1 aliphatic rings. The van der Waals surface area contributed by atoms with Crippen LogP contribution in [0.4, 0.5) is 0 Å². The van der Waals surface area contributed by atoms with E-state index in [1.54, 1.807) is 0 Å². The zero-order valence-corrected chi connectivity index (χ0v) is 12.8. The first kappa shape index (κ1) is 16.1. The number of nitrogens with zero attached hydrogens (tertiary/aromatic N) is 1. The SMILES string of the molecule is CNC1CCCN(Cc2ccc(Cl)cc2Cl)C1.Cl. The second kappa shape index (κ2) is 7.56. The van der Waals surface area contributed by atoms with Crippen LogP contribution in [0.1, 0.15) is 18.4 Å². The molecule has 2 rings (SSSR count). The largest absolute Gasteiger partial charge is 0.316 e. The van der Waals surface area contributed by atoms with Gasteiger partial charge in [-0.15, -0.1) is 12.4 Å². The molecule has 0 radical (unpaired) electrons. The minimum absolute atomic E-state index is 0. The Kier molecular flexibility index (Phi) is 6.75. The van der Waals surface area contributed by atoms with Crippen molar-refractivity contribution in [1.82, 2.24) is 10.2 Å². The van der Waals surface area contributed by atoms with Gasteiger partial charge in [-0.25, -0.2) is 0 Å². The van der Waals surface area contributed by atoms with Crippen LogP contribution in [-0.4, -0.2) is 31.1 Å². The summed E-state index contributed by atoms with van der Waals surface area (Å²) in [5, 5.41) is 4.81. The molecule has 102 valence electrons. The molecule has 1 saturated heterocycles. The summed E-state index contributed by atoms with van der Waals surface area (Å²) in [5.74, 6) is 0. The van der Waals surface area contributed by atoms with E-state index in [9.17, 15) is 0 Å². The first-order chi connectivity index (χ1) is 8.19. The number of nitrogens with one attached hydrogen (secondary N) is 1. The molecule has 5 heteroatoms. The normalized spacial score (nSPS) is 20.5. The van der Waals surface area contributed by atoms with Crippen molar-refractivity contribution in [3.8, 4) is 0 Å². The lowest BCUT2D eigenvalue weighted by atomic mass is 10.1. The molecule has 0 saturated carbocycles. The van der Waals surface area contributed by atoms with Gasteiger partial charge < -0.3 is 5.32 Å². The van der Waals surface area contributed by atoms with Crippen LogP contribution in [0.5, 0.6) is 0 Å². The molecule has 18 heavy (non-hydrogen) atoms. The molecule has 0 aliphatic carbocycles. The maximum absolute atomic E-state index is 6.19. The predicted octanol–water partition coefficient (Wildman–Crippen LogP) is 3.60. The molecule has 2 nitrogen and oxygen atoms in total. The summed E-state index contributed by atoms with van der Waals surface area (Å²) in [6.45, 7) is 3.15. The van der Waals surface area contributed by atoms with Crippen molar-refractivity contribution in [3.05, 3.63) is 33.8 Å². The van der Waals surface area contributed by atoms with Crippen LogP contribution in [0, 0.1) is 0 Å². The van der Waals surface area contributed by atoms with E-state index in [-0.39, 0.29) is 12.4 Å². The Hall–Kier alpha value is 0.01000. The summed E-state index contributed by atoms with van der Waals surface area (Å²) < 4.78 is 0. The number of halogens is 3. The molecular weight excluding hydrogens is 291 g/mol. The monoisotopic (exact) mass is 308 g/mol. The molecule has 1 N–H and O–H groups in total. The standard InChI is InChI=1S/C13H18Cl2N2.ClH/c1-16-12-3-2-6-17(9-12)8-10-4-5-11(14)7-13(10)15;/h4-5,7,12,16H,2-3,6,8-9H2,1H3;1H. The Morgan fingerprint density at radius 1 is 1.39 bits per heavy atom. The lowest BCUT2D eigenvalue weighted by Crippen LogP contribution is -2.43. The summed E-state index contributed by atoms with van der Waals surface area (Å²) in [6.07, 6.45) is 2.51. The summed E-state index contributed by atoms with van der Waals surface area (Å²) >= 11 is 12.1. The maximum Gasteiger partial charge on any atom is 0.0465 e. The number of piperidine rings is 1. The Balaban J connectivity index is 0.00000162. The number of hydrogen-bond acceptors (Lipinski definition) is 2. The summed E-state index contributed by atoms with van der Waals surface area (Å²) in [7, 11) is 2.03. The zero-order chi connectivity index (χ0) is 12.3. The van der Waals surface area contributed by atoms with Crippen molar-refractivity contribution in [2.24, 2.45) is 0 Å². The van der Waals surface area contributed by atoms with Crippen molar-refractivity contribution < 1.29 is 0 Å². The van der Waals surface area contributed by atoms with Crippen molar-refractivity contribution >= 4 is 35.6 Å². The van der Waals surface area contributed by atoms with Crippen molar-refractivity contribution in [1.29, 1.82) is 0 Å². The highest BCUT2D eigenvalue weighted by Gasteiger charge is 2.18. The summed E-state index contributed by atoms with van der Waals surface area (Å²) in [5.41, 5.74) is 1.16. The first-order valence-corrected chi connectivity index (χ1v) is 6.78. The quantitative estimate of drug-likeness (QED) is 0.918. The lowest BCUT2D eigenvalue weighted by Gasteiger charge is -2.32. The topological polar surface area (TPSA) is 15.3 Å². The lowest BCUT2D eigenvalue weighted by molar-refractivity contribution is 0.188. The van der Waals surface area contributed by atoms with Gasteiger partial charge in [0.15, 0.2) is 0 Å². The molecule has 1 unspecified atom stereocenters. The van der Waals surface area contributed by atoms with E-state index < -0.39 is 0 Å². The van der Waals surface area contributed by atoms with Gasteiger partial charge in [0.2, 0.25) is 0 Å². The van der Waals surface area contributed by atoms with Gasteiger partial charge in [-0.2, -0.15) is 0 Å². The third-order valence-electron chi connectivity index (χ3n) is 3.32. The van der Waals surface area contributed by atoms with Gasteiger partial charge >= 0.3 is 0 Å². The zero-order valence-electron chi connectivity index (χ0n) is 10.5. The van der Waals surface area contributed by atoms with Gasteiger partial charge in [0.25, 0.3) is 0 Å². The number of likely N-dealkylation sites (tertiary alicyclic amines) is 1. The van der Waals surface area contributed by atoms with Crippen LogP contribution in [-0.2, 0) is 6.54 Å². The molecule has 1 fully saturated rings. The third kappa shape index (κ3) is 4.29. The van der Waals surface area contributed by atoms with E-state index in [4.69, 9.17) is 23.2 Å². The fourth-order valence-corrected chi connectivity index (χ4v) is 2.79. The molecule has 0 bridgehead atoms. The van der Waals surface area contributed by atoms with Gasteiger partial charge in [0, 0.05) is 29.2 Å². The van der Waals surface area contributed by atoms with Crippen LogP contribution < -0.4 is 5.32 Å². The molecule has 0 spiro atoms. The van der Waals surface area contributed by atoms with E-state index >= 15 is 0 Å². The van der Waals surface area contributed by atoms with Crippen molar-refractivity contribution in [3.63, 3.8) is 0 Å². The molecule has 1 heterocycles. The number of likely N-dealkylation sites (N-methyl/N-ethyl adjacent to an activating group) is 1. The van der Waals surface area contributed by atoms with Crippen LogP contribution >= 0.6 is 35.6 Å². The average Bonchev–Trinajstić information content (AvgIpc) is 2.33. The highest BCUT2D eigenvalue weighted by molar-refractivity contribution is 6.35. The number of rotatable bonds is 3. The third-order valence-corrected chi connectivity index (χ3v) is 3.91. The van der Waals surface area contributed by atoms with E-state index in [2.05, 4.69) is 10.2 Å². The summed E-state index contributed by atoms with van der Waals surface area (Å²) in [4.78, 5) is 2.44. The van der Waals surface area contributed by atoms with Crippen LogP contribution in [0.2, 0.25) is 10.0 Å². The van der Waals surface area contributed by atoms with Gasteiger partial charge in [0.05, 0.1) is 0 Å². The van der Waals surface area contributed by atoms with E-state index in [0.717, 1.165) is 30.2 Å². The van der Waals surface area contributed by atoms with Gasteiger partial charge in [-0.3, -0.25) is 4.90 Å². The van der Waals surface area contributed by atoms with E-state index in [1.807, 2.05) is 25.2 Å². The Bertz CT molecular complexity index is 384. The molecule has 1 aliphatic heterocycles. The average molecular weight is 310 g/mol. The maximum atomic E-state index is 6.19. The smallest absolute Gasteiger partial charge is 0.0465 e. The second-order valence-electron chi connectivity index (χ2n) is 4.60. The molecule has 0 aromatic heterocycles. The molecule has 0 amide bonds. The Morgan fingerprint density at radius 2 is 2.17 bits per heavy atom. The predicted molar refractivity (Wildman–Crippen MR) is 81.1 cm³/mol. The number of benzene rings is 1. The van der Waals surface area contributed by atoms with E-state index in [1.165, 1.54) is 12.8 Å². The van der Waals surface area contributed by atoms with Gasteiger partial charge in [0.1, 0.15) is 0 Å². The molecule has 1 aromatic carbocycles. The van der Waals surface area contributed by atoms with Gasteiger partial charge in [-0.05, 0) is 44.1 Å². The minimum Gasteiger partial charge on any atom is -0.316 e. The molecule has 1 atom stereocenters. The molecular formula is C13H19Cl3N2. The molecule has 1 aromatic rings. The fourth-order valence-electron chi connectivity index (χ4n) is 2.33.